The smallest absolute Gasteiger partial charge is 0.00899 e. The molecule has 0 aromatic rings. The van der Waals surface area contributed by atoms with Gasteiger partial charge in [-0.2, -0.15) is 0 Å². The molecule has 0 aliphatic carbocycles. The van der Waals surface area contributed by atoms with Crippen LogP contribution in [0, 0.1) is 11.8 Å². The second-order valence-corrected chi connectivity index (χ2v) is 4.47. The fraction of sp³-hybridized carbons (Fsp3) is 1.00. The normalized spacial score (nSPS) is 14.8. The van der Waals surface area contributed by atoms with E-state index in [1.165, 1.54) is 13.1 Å². The predicted molar refractivity (Wildman–Crippen MR) is 56.4 cm³/mol. The Kier molecular flexibility index (Phi) is 5.56. The summed E-state index contributed by atoms with van der Waals surface area (Å²) in [5.74, 6) is 1.55. The summed E-state index contributed by atoms with van der Waals surface area (Å²) in [6, 6.07) is 0.720. The highest BCUT2D eigenvalue weighted by Crippen LogP contribution is 2.11. The first kappa shape index (κ1) is 12.0. The van der Waals surface area contributed by atoms with Gasteiger partial charge in [-0.25, -0.2) is 0 Å². The van der Waals surface area contributed by atoms with E-state index in [0.717, 1.165) is 17.9 Å². The summed E-state index contributed by atoms with van der Waals surface area (Å²) in [6.45, 7) is 16.2. The topological polar surface area (TPSA) is 3.24 Å². The second-order valence-electron chi connectivity index (χ2n) is 4.47. The first-order valence-electron chi connectivity index (χ1n) is 5.23. The monoisotopic (exact) mass is 171 g/mol. The lowest BCUT2D eigenvalue weighted by Gasteiger charge is -2.31. The van der Waals surface area contributed by atoms with E-state index < -0.39 is 0 Å². The third-order valence-corrected chi connectivity index (χ3v) is 2.55. The predicted octanol–water partition coefficient (Wildman–Crippen LogP) is 3.01. The molecular formula is C11H25N. The van der Waals surface area contributed by atoms with Crippen LogP contribution < -0.4 is 0 Å². The van der Waals surface area contributed by atoms with Crippen molar-refractivity contribution in [2.24, 2.45) is 11.8 Å². The van der Waals surface area contributed by atoms with Crippen molar-refractivity contribution < 1.29 is 0 Å². The molecule has 74 valence electrons. The fourth-order valence-electron chi connectivity index (χ4n) is 1.47. The molecule has 0 aromatic heterocycles. The zero-order valence-corrected chi connectivity index (χ0v) is 9.59. The highest BCUT2D eigenvalue weighted by Gasteiger charge is 2.15. The SMILES string of the molecule is CCN(CC(C)C)[C@H](C)C(C)C. The molecule has 0 unspecified atom stereocenters. The third kappa shape index (κ3) is 4.10. The Morgan fingerprint density at radius 2 is 1.50 bits per heavy atom. The van der Waals surface area contributed by atoms with Gasteiger partial charge < -0.3 is 4.90 Å². The molecule has 0 rings (SSSR count). The standard InChI is InChI=1S/C11H25N/c1-7-12(8-9(2)3)11(6)10(4)5/h9-11H,7-8H2,1-6H3/t11-/m1/s1. The van der Waals surface area contributed by atoms with Crippen LogP contribution in [-0.2, 0) is 0 Å². The molecule has 12 heavy (non-hydrogen) atoms. The Labute approximate surface area is 78.1 Å². The number of hydrogen-bond acceptors (Lipinski definition) is 1. The third-order valence-electron chi connectivity index (χ3n) is 2.55. The van der Waals surface area contributed by atoms with E-state index in [4.69, 9.17) is 0 Å². The Hall–Kier alpha value is -0.0400. The van der Waals surface area contributed by atoms with Gasteiger partial charge in [-0.1, -0.05) is 34.6 Å². The number of nitrogens with zero attached hydrogens (tertiary/aromatic N) is 1. The molecule has 0 spiro atoms. The van der Waals surface area contributed by atoms with E-state index in [0.29, 0.717) is 0 Å². The van der Waals surface area contributed by atoms with Crippen LogP contribution >= 0.6 is 0 Å². The van der Waals surface area contributed by atoms with Crippen molar-refractivity contribution in [1.82, 2.24) is 4.90 Å². The Balaban J connectivity index is 3.96. The van der Waals surface area contributed by atoms with Crippen molar-refractivity contribution in [2.45, 2.75) is 47.6 Å². The van der Waals surface area contributed by atoms with E-state index in [2.05, 4.69) is 46.4 Å². The van der Waals surface area contributed by atoms with Crippen LogP contribution in [0.5, 0.6) is 0 Å². The van der Waals surface area contributed by atoms with Gasteiger partial charge in [0.05, 0.1) is 0 Å². The molecule has 0 radical (unpaired) electrons. The summed E-state index contributed by atoms with van der Waals surface area (Å²) < 4.78 is 0. The van der Waals surface area contributed by atoms with E-state index in [9.17, 15) is 0 Å². The average molecular weight is 171 g/mol. The minimum Gasteiger partial charge on any atom is -0.300 e. The molecule has 0 aliphatic heterocycles. The van der Waals surface area contributed by atoms with Gasteiger partial charge in [-0.15, -0.1) is 0 Å². The number of hydrogen-bond donors (Lipinski definition) is 0. The van der Waals surface area contributed by atoms with E-state index >= 15 is 0 Å². The molecule has 1 nitrogen and oxygen atoms in total. The molecule has 0 saturated carbocycles. The van der Waals surface area contributed by atoms with Gasteiger partial charge in [0.1, 0.15) is 0 Å². The minimum absolute atomic E-state index is 0.720. The number of rotatable bonds is 5. The Bertz CT molecular complexity index is 108. The fourth-order valence-corrected chi connectivity index (χ4v) is 1.47. The Morgan fingerprint density at radius 1 is 1.00 bits per heavy atom. The van der Waals surface area contributed by atoms with Gasteiger partial charge in [-0.05, 0) is 25.3 Å². The van der Waals surface area contributed by atoms with Crippen LogP contribution in [0.3, 0.4) is 0 Å². The van der Waals surface area contributed by atoms with Crippen LogP contribution in [0.25, 0.3) is 0 Å². The van der Waals surface area contributed by atoms with Crippen molar-refractivity contribution in [3.05, 3.63) is 0 Å². The van der Waals surface area contributed by atoms with Gasteiger partial charge in [0.15, 0.2) is 0 Å². The molecule has 0 aromatic carbocycles. The first-order chi connectivity index (χ1) is 5.49. The van der Waals surface area contributed by atoms with Gasteiger partial charge in [-0.3, -0.25) is 0 Å². The summed E-state index contributed by atoms with van der Waals surface area (Å²) in [6.07, 6.45) is 0. The molecule has 1 heteroatoms. The average Bonchev–Trinajstić information content (AvgIpc) is 1.98. The maximum atomic E-state index is 2.56. The van der Waals surface area contributed by atoms with E-state index in [1.807, 2.05) is 0 Å². The lowest BCUT2D eigenvalue weighted by atomic mass is 10.0. The first-order valence-corrected chi connectivity index (χ1v) is 5.23. The molecule has 0 saturated heterocycles. The van der Waals surface area contributed by atoms with Crippen LogP contribution in [0.15, 0.2) is 0 Å². The highest BCUT2D eigenvalue weighted by atomic mass is 15.1. The lowest BCUT2D eigenvalue weighted by Crippen LogP contribution is -2.38. The molecular weight excluding hydrogens is 146 g/mol. The van der Waals surface area contributed by atoms with Crippen molar-refractivity contribution in [3.8, 4) is 0 Å². The molecule has 0 N–H and O–H groups in total. The molecule has 0 fully saturated rings. The lowest BCUT2D eigenvalue weighted by molar-refractivity contribution is 0.159. The van der Waals surface area contributed by atoms with Gasteiger partial charge >= 0.3 is 0 Å². The highest BCUT2D eigenvalue weighted by molar-refractivity contribution is 4.69. The van der Waals surface area contributed by atoms with Gasteiger partial charge in [0, 0.05) is 12.6 Å². The summed E-state index contributed by atoms with van der Waals surface area (Å²) in [4.78, 5) is 2.56. The van der Waals surface area contributed by atoms with Crippen molar-refractivity contribution >= 4 is 0 Å². The maximum absolute atomic E-state index is 2.56. The minimum atomic E-state index is 0.720. The van der Waals surface area contributed by atoms with E-state index in [1.54, 1.807) is 0 Å². The molecule has 0 amide bonds. The zero-order chi connectivity index (χ0) is 9.72. The quantitative estimate of drug-likeness (QED) is 0.614. The summed E-state index contributed by atoms with van der Waals surface area (Å²) in [5.41, 5.74) is 0. The van der Waals surface area contributed by atoms with Crippen molar-refractivity contribution in [1.29, 1.82) is 0 Å². The van der Waals surface area contributed by atoms with Crippen molar-refractivity contribution in [3.63, 3.8) is 0 Å². The van der Waals surface area contributed by atoms with Crippen molar-refractivity contribution in [2.75, 3.05) is 13.1 Å². The van der Waals surface area contributed by atoms with Gasteiger partial charge in [0.25, 0.3) is 0 Å². The summed E-state index contributed by atoms with van der Waals surface area (Å²) in [5, 5.41) is 0. The van der Waals surface area contributed by atoms with Crippen LogP contribution in [0.1, 0.15) is 41.5 Å². The van der Waals surface area contributed by atoms with Crippen LogP contribution in [-0.4, -0.2) is 24.0 Å². The Morgan fingerprint density at radius 3 is 1.75 bits per heavy atom. The summed E-state index contributed by atoms with van der Waals surface area (Å²) >= 11 is 0. The molecule has 0 heterocycles. The molecule has 1 atom stereocenters. The molecule has 0 aliphatic rings. The summed E-state index contributed by atoms with van der Waals surface area (Å²) in [7, 11) is 0. The maximum Gasteiger partial charge on any atom is 0.00899 e. The zero-order valence-electron chi connectivity index (χ0n) is 9.59. The van der Waals surface area contributed by atoms with E-state index in [-0.39, 0.29) is 0 Å². The second kappa shape index (κ2) is 5.58. The van der Waals surface area contributed by atoms with Crippen LogP contribution in [0.4, 0.5) is 0 Å². The van der Waals surface area contributed by atoms with Gasteiger partial charge in [0.2, 0.25) is 0 Å². The largest absolute Gasteiger partial charge is 0.300 e. The molecule has 0 bridgehead atoms. The van der Waals surface area contributed by atoms with Crippen LogP contribution in [0.2, 0.25) is 0 Å².